The zero-order valence-corrected chi connectivity index (χ0v) is 10.1. The Hall–Kier alpha value is -1.23. The van der Waals surface area contributed by atoms with Crippen molar-refractivity contribution in [1.29, 1.82) is 0 Å². The molecule has 92 valence electrons. The first-order chi connectivity index (χ1) is 8.02. The van der Waals surface area contributed by atoms with Gasteiger partial charge in [-0.05, 0) is 25.5 Å². The van der Waals surface area contributed by atoms with Crippen molar-refractivity contribution in [1.82, 2.24) is 0 Å². The first-order valence-corrected chi connectivity index (χ1v) is 5.67. The van der Waals surface area contributed by atoms with Gasteiger partial charge in [-0.25, -0.2) is 0 Å². The Labute approximate surface area is 101 Å². The number of nitrogens with two attached hydrogens (primary N) is 1. The van der Waals surface area contributed by atoms with Gasteiger partial charge in [0.2, 0.25) is 0 Å². The molecule has 1 aromatic carbocycles. The van der Waals surface area contributed by atoms with Gasteiger partial charge >= 0.3 is 0 Å². The Kier molecular flexibility index (Phi) is 3.28. The summed E-state index contributed by atoms with van der Waals surface area (Å²) in [6, 6.07) is 7.36. The molecule has 1 fully saturated rings. The van der Waals surface area contributed by atoms with E-state index in [1.165, 1.54) is 0 Å². The lowest BCUT2D eigenvalue weighted by atomic mass is 10.0. The van der Waals surface area contributed by atoms with Crippen molar-refractivity contribution in [2.45, 2.75) is 25.7 Å². The van der Waals surface area contributed by atoms with Crippen LogP contribution in [0.15, 0.2) is 24.3 Å². The number of ketones is 1. The molecule has 4 heteroatoms. The molecule has 0 aliphatic carbocycles. The number of hydrogen-bond acceptors (Lipinski definition) is 4. The molecule has 0 saturated carbocycles. The molecule has 1 atom stereocenters. The average Bonchev–Trinajstić information content (AvgIpc) is 2.69. The summed E-state index contributed by atoms with van der Waals surface area (Å²) in [6.45, 7) is 4.29. The van der Waals surface area contributed by atoms with Gasteiger partial charge in [-0.2, -0.15) is 0 Å². The fraction of sp³-hybridized carbons (Fsp3) is 0.462. The van der Waals surface area contributed by atoms with E-state index in [0.717, 1.165) is 5.56 Å². The van der Waals surface area contributed by atoms with Gasteiger partial charge in [-0.15, -0.1) is 0 Å². The lowest BCUT2D eigenvalue weighted by Gasteiger charge is -2.17. The summed E-state index contributed by atoms with van der Waals surface area (Å²) in [5.41, 5.74) is 6.92. The van der Waals surface area contributed by atoms with Crippen LogP contribution >= 0.6 is 0 Å². The molecule has 1 aromatic rings. The standard InChI is InChI=1S/C13H17NO3/c1-13(2)16-8-12(17-13)10-5-3-4-9(6-10)11(15)7-14/h3-6,12H,7-8,14H2,1-2H3. The van der Waals surface area contributed by atoms with E-state index in [4.69, 9.17) is 15.2 Å². The minimum atomic E-state index is -0.557. The first kappa shape index (κ1) is 12.2. The number of hydrogen-bond donors (Lipinski definition) is 1. The van der Waals surface area contributed by atoms with E-state index < -0.39 is 5.79 Å². The Morgan fingerprint density at radius 1 is 1.53 bits per heavy atom. The Morgan fingerprint density at radius 2 is 2.29 bits per heavy atom. The van der Waals surface area contributed by atoms with Crippen molar-refractivity contribution in [2.24, 2.45) is 5.73 Å². The highest BCUT2D eigenvalue weighted by molar-refractivity contribution is 5.97. The van der Waals surface area contributed by atoms with Crippen LogP contribution in [-0.2, 0) is 9.47 Å². The molecule has 0 amide bonds. The SMILES string of the molecule is CC1(C)OCC(c2cccc(C(=O)CN)c2)O1. The van der Waals surface area contributed by atoms with Gasteiger partial charge in [0.1, 0.15) is 6.10 Å². The number of carbonyl (C=O) groups excluding carboxylic acids is 1. The summed E-state index contributed by atoms with van der Waals surface area (Å²) in [5, 5.41) is 0. The minimum Gasteiger partial charge on any atom is -0.347 e. The summed E-state index contributed by atoms with van der Waals surface area (Å²) < 4.78 is 11.2. The van der Waals surface area contributed by atoms with E-state index in [1.54, 1.807) is 6.07 Å². The smallest absolute Gasteiger partial charge is 0.176 e. The largest absolute Gasteiger partial charge is 0.347 e. The molecule has 1 aliphatic heterocycles. The maximum absolute atomic E-state index is 11.5. The van der Waals surface area contributed by atoms with E-state index >= 15 is 0 Å². The maximum Gasteiger partial charge on any atom is 0.176 e. The predicted molar refractivity (Wildman–Crippen MR) is 63.7 cm³/mol. The number of rotatable bonds is 3. The average molecular weight is 235 g/mol. The quantitative estimate of drug-likeness (QED) is 0.809. The zero-order valence-electron chi connectivity index (χ0n) is 10.1. The molecule has 1 aliphatic rings. The highest BCUT2D eigenvalue weighted by Crippen LogP contribution is 2.32. The van der Waals surface area contributed by atoms with Gasteiger partial charge in [-0.3, -0.25) is 4.79 Å². The number of ether oxygens (including phenoxy) is 2. The molecule has 2 N–H and O–H groups in total. The minimum absolute atomic E-state index is 0.0248. The Balaban J connectivity index is 2.20. The molecule has 2 rings (SSSR count). The third-order valence-electron chi connectivity index (χ3n) is 2.77. The van der Waals surface area contributed by atoms with Gasteiger partial charge in [-0.1, -0.05) is 18.2 Å². The summed E-state index contributed by atoms with van der Waals surface area (Å²) >= 11 is 0. The predicted octanol–water partition coefficient (Wildman–Crippen LogP) is 1.65. The maximum atomic E-state index is 11.5. The highest BCUT2D eigenvalue weighted by atomic mass is 16.7. The molecule has 1 unspecified atom stereocenters. The lowest BCUT2D eigenvalue weighted by molar-refractivity contribution is -0.139. The van der Waals surface area contributed by atoms with Gasteiger partial charge < -0.3 is 15.2 Å². The number of Topliss-reactive ketones (excluding diaryl/α,β-unsaturated/α-hetero) is 1. The van der Waals surface area contributed by atoms with Crippen LogP contribution in [-0.4, -0.2) is 24.7 Å². The molecule has 1 heterocycles. The van der Waals surface area contributed by atoms with Crippen molar-refractivity contribution in [3.05, 3.63) is 35.4 Å². The summed E-state index contributed by atoms with van der Waals surface area (Å²) in [5.74, 6) is -0.622. The first-order valence-electron chi connectivity index (χ1n) is 5.67. The van der Waals surface area contributed by atoms with E-state index in [2.05, 4.69) is 0 Å². The third kappa shape index (κ3) is 2.72. The van der Waals surface area contributed by atoms with Crippen LogP contribution in [0.1, 0.15) is 35.9 Å². The Bertz CT molecular complexity index is 428. The molecular formula is C13H17NO3. The zero-order chi connectivity index (χ0) is 12.5. The van der Waals surface area contributed by atoms with Crippen LogP contribution in [0, 0.1) is 0 Å². The van der Waals surface area contributed by atoms with Crippen molar-refractivity contribution in [2.75, 3.05) is 13.2 Å². The van der Waals surface area contributed by atoms with Crippen molar-refractivity contribution >= 4 is 5.78 Å². The molecule has 0 radical (unpaired) electrons. The molecule has 1 saturated heterocycles. The van der Waals surface area contributed by atoms with Crippen LogP contribution in [0.5, 0.6) is 0 Å². The fourth-order valence-corrected chi connectivity index (χ4v) is 1.88. The second kappa shape index (κ2) is 4.56. The van der Waals surface area contributed by atoms with Crippen molar-refractivity contribution < 1.29 is 14.3 Å². The van der Waals surface area contributed by atoms with Gasteiger partial charge in [0.25, 0.3) is 0 Å². The fourth-order valence-electron chi connectivity index (χ4n) is 1.88. The second-order valence-corrected chi connectivity index (χ2v) is 4.57. The Morgan fingerprint density at radius 3 is 2.88 bits per heavy atom. The number of carbonyl (C=O) groups is 1. The van der Waals surface area contributed by atoms with Crippen molar-refractivity contribution in [3.63, 3.8) is 0 Å². The summed E-state index contributed by atoms with van der Waals surface area (Å²) in [7, 11) is 0. The van der Waals surface area contributed by atoms with Crippen molar-refractivity contribution in [3.8, 4) is 0 Å². The van der Waals surface area contributed by atoms with Gasteiger partial charge in [0, 0.05) is 5.56 Å². The molecule has 0 bridgehead atoms. The van der Waals surface area contributed by atoms with E-state index in [9.17, 15) is 4.79 Å². The van der Waals surface area contributed by atoms with Gasteiger partial charge in [0.15, 0.2) is 11.6 Å². The molecule has 0 aromatic heterocycles. The molecular weight excluding hydrogens is 218 g/mol. The normalized spacial score (nSPS) is 22.6. The van der Waals surface area contributed by atoms with E-state index in [1.807, 2.05) is 32.0 Å². The molecule has 0 spiro atoms. The summed E-state index contributed by atoms with van der Waals surface area (Å²) in [4.78, 5) is 11.5. The third-order valence-corrected chi connectivity index (χ3v) is 2.77. The monoisotopic (exact) mass is 235 g/mol. The second-order valence-electron chi connectivity index (χ2n) is 4.57. The van der Waals surface area contributed by atoms with E-state index in [-0.39, 0.29) is 18.4 Å². The van der Waals surface area contributed by atoms with E-state index in [0.29, 0.717) is 12.2 Å². The van der Waals surface area contributed by atoms with Crippen LogP contribution in [0.2, 0.25) is 0 Å². The lowest BCUT2D eigenvalue weighted by Crippen LogP contribution is -2.19. The van der Waals surface area contributed by atoms with Crippen LogP contribution in [0.4, 0.5) is 0 Å². The van der Waals surface area contributed by atoms with Crippen LogP contribution in [0.3, 0.4) is 0 Å². The molecule has 17 heavy (non-hydrogen) atoms. The number of benzene rings is 1. The highest BCUT2D eigenvalue weighted by Gasteiger charge is 2.33. The van der Waals surface area contributed by atoms with Gasteiger partial charge in [0.05, 0.1) is 13.2 Å². The van der Waals surface area contributed by atoms with Crippen LogP contribution in [0.25, 0.3) is 0 Å². The topological polar surface area (TPSA) is 61.5 Å². The molecule has 4 nitrogen and oxygen atoms in total. The van der Waals surface area contributed by atoms with Crippen LogP contribution < -0.4 is 5.73 Å². The summed E-state index contributed by atoms with van der Waals surface area (Å²) in [6.07, 6.45) is -0.115.